The van der Waals surface area contributed by atoms with Gasteiger partial charge in [-0.05, 0) is 49.8 Å². The number of amides is 3. The highest BCUT2D eigenvalue weighted by atomic mass is 19.1. The highest BCUT2D eigenvalue weighted by Gasteiger charge is 2.36. The Labute approximate surface area is 171 Å². The predicted molar refractivity (Wildman–Crippen MR) is 107 cm³/mol. The van der Waals surface area contributed by atoms with E-state index in [1.165, 1.54) is 6.07 Å². The number of halogens is 1. The number of hydrogen-bond donors (Lipinski definition) is 1. The zero-order valence-corrected chi connectivity index (χ0v) is 17.2. The molecule has 0 aromatic heterocycles. The summed E-state index contributed by atoms with van der Waals surface area (Å²) in [4.78, 5) is 40.9. The van der Waals surface area contributed by atoms with Gasteiger partial charge in [0.15, 0.2) is 0 Å². The first-order valence-corrected chi connectivity index (χ1v) is 10.5. The smallest absolute Gasteiger partial charge is 0.245 e. The molecule has 2 fully saturated rings. The van der Waals surface area contributed by atoms with Crippen LogP contribution in [-0.2, 0) is 20.9 Å². The van der Waals surface area contributed by atoms with E-state index in [9.17, 15) is 18.8 Å². The maximum absolute atomic E-state index is 13.6. The van der Waals surface area contributed by atoms with Crippen molar-refractivity contribution in [3.8, 4) is 0 Å². The summed E-state index contributed by atoms with van der Waals surface area (Å²) in [7, 11) is 0. The van der Waals surface area contributed by atoms with Gasteiger partial charge in [-0.15, -0.1) is 0 Å². The highest BCUT2D eigenvalue weighted by Crippen LogP contribution is 2.22. The number of carbonyl (C=O) groups excluding carboxylic acids is 3. The van der Waals surface area contributed by atoms with E-state index in [1.807, 2.05) is 13.0 Å². The number of aryl methyl sites for hydroxylation is 1. The maximum atomic E-state index is 13.6. The van der Waals surface area contributed by atoms with Crippen molar-refractivity contribution in [2.45, 2.75) is 58.5 Å². The molecule has 0 saturated carbocycles. The second-order valence-electron chi connectivity index (χ2n) is 8.02. The largest absolute Gasteiger partial charge is 0.352 e. The van der Waals surface area contributed by atoms with Gasteiger partial charge in [-0.25, -0.2) is 4.39 Å². The van der Waals surface area contributed by atoms with Crippen LogP contribution < -0.4 is 5.32 Å². The second kappa shape index (κ2) is 9.37. The lowest BCUT2D eigenvalue weighted by Gasteiger charge is -2.36. The summed E-state index contributed by atoms with van der Waals surface area (Å²) in [5.41, 5.74) is 1.31. The van der Waals surface area contributed by atoms with Crippen LogP contribution in [0.5, 0.6) is 0 Å². The van der Waals surface area contributed by atoms with Crippen molar-refractivity contribution in [2.24, 2.45) is 5.92 Å². The first-order chi connectivity index (χ1) is 13.9. The van der Waals surface area contributed by atoms with Gasteiger partial charge >= 0.3 is 0 Å². The minimum atomic E-state index is -0.383. The average Bonchev–Trinajstić information content (AvgIpc) is 3.15. The van der Waals surface area contributed by atoms with Crippen LogP contribution in [0.3, 0.4) is 0 Å². The lowest BCUT2D eigenvalue weighted by molar-refractivity contribution is -0.145. The number of carbonyl (C=O) groups is 3. The Bertz CT molecular complexity index is 775. The first-order valence-electron chi connectivity index (χ1n) is 10.5. The number of piperidine rings is 1. The van der Waals surface area contributed by atoms with E-state index in [2.05, 4.69) is 5.32 Å². The van der Waals surface area contributed by atoms with E-state index >= 15 is 0 Å². The van der Waals surface area contributed by atoms with E-state index in [4.69, 9.17) is 0 Å². The fourth-order valence-electron chi connectivity index (χ4n) is 4.18. The zero-order valence-electron chi connectivity index (χ0n) is 17.2. The fraction of sp³-hybridized carbons (Fsp3) is 0.591. The number of nitrogens with zero attached hydrogens (tertiary/aromatic N) is 2. The molecule has 2 aliphatic rings. The Kier molecular flexibility index (Phi) is 6.87. The molecule has 3 rings (SSSR count). The lowest BCUT2D eigenvalue weighted by atomic mass is 9.95. The summed E-state index contributed by atoms with van der Waals surface area (Å²) in [5.74, 6) is -0.419. The van der Waals surface area contributed by atoms with E-state index in [0.29, 0.717) is 57.4 Å². The van der Waals surface area contributed by atoms with Gasteiger partial charge in [-0.3, -0.25) is 14.4 Å². The van der Waals surface area contributed by atoms with Crippen LogP contribution >= 0.6 is 0 Å². The number of benzene rings is 1. The van der Waals surface area contributed by atoms with Crippen molar-refractivity contribution >= 4 is 17.7 Å². The highest BCUT2D eigenvalue weighted by molar-refractivity contribution is 5.89. The molecule has 1 unspecified atom stereocenters. The van der Waals surface area contributed by atoms with Crippen LogP contribution in [0.25, 0.3) is 0 Å². The molecule has 6 nitrogen and oxygen atoms in total. The summed E-state index contributed by atoms with van der Waals surface area (Å²) in [6.07, 6.45) is 3.15. The molecule has 0 bridgehead atoms. The van der Waals surface area contributed by atoms with Crippen LogP contribution in [0.4, 0.5) is 4.39 Å². The molecule has 2 heterocycles. The third-order valence-electron chi connectivity index (χ3n) is 6.04. The number of nitrogens with one attached hydrogen (secondary N) is 1. The predicted octanol–water partition coefficient (Wildman–Crippen LogP) is 2.39. The Morgan fingerprint density at radius 1 is 1.24 bits per heavy atom. The Hall–Kier alpha value is -2.44. The van der Waals surface area contributed by atoms with Gasteiger partial charge in [0.05, 0.1) is 0 Å². The molecule has 1 aromatic rings. The van der Waals surface area contributed by atoms with Gasteiger partial charge in [0.2, 0.25) is 17.7 Å². The topological polar surface area (TPSA) is 69.7 Å². The molecular weight excluding hydrogens is 373 g/mol. The van der Waals surface area contributed by atoms with Gasteiger partial charge in [0, 0.05) is 38.5 Å². The summed E-state index contributed by atoms with van der Waals surface area (Å²) >= 11 is 0. The van der Waals surface area contributed by atoms with Gasteiger partial charge in [0.1, 0.15) is 11.9 Å². The van der Waals surface area contributed by atoms with Gasteiger partial charge < -0.3 is 15.1 Å². The van der Waals surface area contributed by atoms with Gasteiger partial charge in [-0.1, -0.05) is 19.1 Å². The lowest BCUT2D eigenvalue weighted by Crippen LogP contribution is -2.51. The van der Waals surface area contributed by atoms with E-state index in [0.717, 1.165) is 12.0 Å². The van der Waals surface area contributed by atoms with Crippen LogP contribution in [0, 0.1) is 18.7 Å². The SMILES string of the molecule is CCC(C(=O)N1CCC(C(=O)NCc2ccc(C)c(F)c2)CC1)N1CCCC1=O. The summed E-state index contributed by atoms with van der Waals surface area (Å²) < 4.78 is 13.6. The summed E-state index contributed by atoms with van der Waals surface area (Å²) in [6.45, 7) is 5.63. The quantitative estimate of drug-likeness (QED) is 0.793. The molecular formula is C22H30FN3O3. The Morgan fingerprint density at radius 2 is 1.97 bits per heavy atom. The van der Waals surface area contributed by atoms with Gasteiger partial charge in [0.25, 0.3) is 0 Å². The van der Waals surface area contributed by atoms with Crippen LogP contribution in [0.1, 0.15) is 50.2 Å². The molecule has 2 saturated heterocycles. The third kappa shape index (κ3) is 4.95. The minimum absolute atomic E-state index is 0.00302. The minimum Gasteiger partial charge on any atom is -0.352 e. The first kappa shape index (κ1) is 21.3. The summed E-state index contributed by atoms with van der Waals surface area (Å²) in [6, 6.07) is 4.58. The van der Waals surface area contributed by atoms with Crippen LogP contribution in [0.15, 0.2) is 18.2 Å². The number of hydrogen-bond acceptors (Lipinski definition) is 3. The van der Waals surface area contributed by atoms with E-state index in [1.54, 1.807) is 22.8 Å². The van der Waals surface area contributed by atoms with Crippen molar-refractivity contribution in [2.75, 3.05) is 19.6 Å². The monoisotopic (exact) mass is 403 g/mol. The molecule has 1 N–H and O–H groups in total. The van der Waals surface area contributed by atoms with Crippen molar-refractivity contribution in [1.82, 2.24) is 15.1 Å². The molecule has 0 spiro atoms. The molecule has 1 aromatic carbocycles. The fourth-order valence-corrected chi connectivity index (χ4v) is 4.18. The standard InChI is InChI=1S/C22H30FN3O3/c1-3-19(26-10-4-5-20(26)27)22(29)25-11-8-17(9-12-25)21(28)24-14-16-7-6-15(2)18(23)13-16/h6-7,13,17,19H,3-5,8-12,14H2,1-2H3,(H,24,28). The molecule has 158 valence electrons. The van der Waals surface area contributed by atoms with Crippen molar-refractivity contribution in [3.63, 3.8) is 0 Å². The molecule has 0 aliphatic carbocycles. The molecule has 2 aliphatic heterocycles. The normalized spacial score (nSPS) is 18.8. The number of likely N-dealkylation sites (tertiary alicyclic amines) is 2. The van der Waals surface area contributed by atoms with E-state index in [-0.39, 0.29) is 35.5 Å². The molecule has 7 heteroatoms. The van der Waals surface area contributed by atoms with Crippen molar-refractivity contribution in [3.05, 3.63) is 35.1 Å². The number of rotatable bonds is 6. The zero-order chi connectivity index (χ0) is 21.0. The van der Waals surface area contributed by atoms with E-state index < -0.39 is 0 Å². The molecule has 1 atom stereocenters. The second-order valence-corrected chi connectivity index (χ2v) is 8.02. The van der Waals surface area contributed by atoms with Crippen LogP contribution in [0.2, 0.25) is 0 Å². The van der Waals surface area contributed by atoms with Crippen LogP contribution in [-0.4, -0.2) is 53.2 Å². The molecule has 0 radical (unpaired) electrons. The summed E-state index contributed by atoms with van der Waals surface area (Å²) in [5, 5.41) is 2.88. The Morgan fingerprint density at radius 3 is 2.55 bits per heavy atom. The third-order valence-corrected chi connectivity index (χ3v) is 6.04. The van der Waals surface area contributed by atoms with Gasteiger partial charge in [-0.2, -0.15) is 0 Å². The molecule has 29 heavy (non-hydrogen) atoms. The van der Waals surface area contributed by atoms with Crippen molar-refractivity contribution in [1.29, 1.82) is 0 Å². The average molecular weight is 403 g/mol. The maximum Gasteiger partial charge on any atom is 0.245 e. The Balaban J connectivity index is 1.48. The molecule has 3 amide bonds. The van der Waals surface area contributed by atoms with Crippen molar-refractivity contribution < 1.29 is 18.8 Å².